The maximum absolute atomic E-state index is 4.41. The van der Waals surface area contributed by atoms with Crippen molar-refractivity contribution in [2.24, 2.45) is 0 Å². The maximum atomic E-state index is 4.41. The number of hydrogen-bond acceptors (Lipinski definition) is 3. The molecule has 2 nitrogen and oxygen atoms in total. The van der Waals surface area contributed by atoms with Gasteiger partial charge < -0.3 is 0 Å². The molecule has 1 aliphatic rings. The molecule has 1 aromatic heterocycles. The molecule has 15 heavy (non-hydrogen) atoms. The molecule has 0 saturated carbocycles. The molecule has 0 fully saturated rings. The molecule has 1 aliphatic heterocycles. The second-order valence-electron chi connectivity index (χ2n) is 4.69. The Labute approximate surface area is 95.9 Å². The molecular formula is C12H18N2S. The van der Waals surface area contributed by atoms with Gasteiger partial charge in [-0.2, -0.15) is 10.2 Å². The quantitative estimate of drug-likeness (QED) is 0.767. The third-order valence-electron chi connectivity index (χ3n) is 2.77. The highest BCUT2D eigenvalue weighted by Crippen LogP contribution is 2.38. The second-order valence-corrected chi connectivity index (χ2v) is 5.79. The highest BCUT2D eigenvalue weighted by atomic mass is 32.2. The molecule has 0 amide bonds. The van der Waals surface area contributed by atoms with Crippen LogP contribution >= 0.6 is 11.8 Å². The molecule has 3 heteroatoms. The van der Waals surface area contributed by atoms with Crippen molar-refractivity contribution in [2.45, 2.75) is 50.8 Å². The largest absolute Gasteiger partial charge is 0.155 e. The van der Waals surface area contributed by atoms with Crippen LogP contribution in [0.4, 0.5) is 0 Å². The summed E-state index contributed by atoms with van der Waals surface area (Å²) in [7, 11) is 0. The van der Waals surface area contributed by atoms with Crippen molar-refractivity contribution < 1.29 is 0 Å². The lowest BCUT2D eigenvalue weighted by Crippen LogP contribution is -2.06. The molecule has 0 bridgehead atoms. The van der Waals surface area contributed by atoms with E-state index < -0.39 is 0 Å². The van der Waals surface area contributed by atoms with Gasteiger partial charge in [-0.3, -0.25) is 0 Å². The van der Waals surface area contributed by atoms with E-state index in [0.29, 0.717) is 11.8 Å². The van der Waals surface area contributed by atoms with Crippen LogP contribution in [0.15, 0.2) is 4.90 Å². The van der Waals surface area contributed by atoms with E-state index in [1.807, 2.05) is 11.8 Å². The minimum atomic E-state index is 0.484. The average Bonchev–Trinajstić information content (AvgIpc) is 2.63. The summed E-state index contributed by atoms with van der Waals surface area (Å²) in [5.74, 6) is 2.17. The van der Waals surface area contributed by atoms with Crippen LogP contribution in [0.5, 0.6) is 0 Å². The molecule has 2 heterocycles. The summed E-state index contributed by atoms with van der Waals surface area (Å²) in [6.45, 7) is 8.78. The highest BCUT2D eigenvalue weighted by Gasteiger charge is 2.23. The van der Waals surface area contributed by atoms with Crippen LogP contribution in [0.25, 0.3) is 0 Å². The Morgan fingerprint density at radius 2 is 1.60 bits per heavy atom. The van der Waals surface area contributed by atoms with E-state index in [9.17, 15) is 0 Å². The van der Waals surface area contributed by atoms with Gasteiger partial charge in [-0.25, -0.2) is 0 Å². The SMILES string of the molecule is CC(C)c1nnc(C(C)C)c2c1CCS2. The fourth-order valence-corrected chi connectivity index (χ4v) is 3.30. The molecular weight excluding hydrogens is 204 g/mol. The summed E-state index contributed by atoms with van der Waals surface area (Å²) < 4.78 is 0. The van der Waals surface area contributed by atoms with Gasteiger partial charge in [-0.15, -0.1) is 11.8 Å². The van der Waals surface area contributed by atoms with Crippen molar-refractivity contribution in [1.29, 1.82) is 0 Å². The highest BCUT2D eigenvalue weighted by molar-refractivity contribution is 7.99. The van der Waals surface area contributed by atoms with Crippen LogP contribution in [-0.4, -0.2) is 16.0 Å². The lowest BCUT2D eigenvalue weighted by atomic mass is 10.00. The smallest absolute Gasteiger partial charge is 0.0794 e. The number of hydrogen-bond donors (Lipinski definition) is 0. The molecule has 82 valence electrons. The van der Waals surface area contributed by atoms with E-state index in [0.717, 1.165) is 0 Å². The van der Waals surface area contributed by atoms with Gasteiger partial charge in [0, 0.05) is 10.6 Å². The van der Waals surface area contributed by atoms with Gasteiger partial charge in [-0.05, 0) is 23.8 Å². The minimum absolute atomic E-state index is 0.484. The topological polar surface area (TPSA) is 25.8 Å². The number of nitrogens with zero attached hydrogens (tertiary/aromatic N) is 2. The first-order chi connectivity index (χ1) is 7.11. The number of aromatic nitrogens is 2. The predicted octanol–water partition coefficient (Wildman–Crippen LogP) is 3.37. The monoisotopic (exact) mass is 222 g/mol. The average molecular weight is 222 g/mol. The first-order valence-electron chi connectivity index (χ1n) is 5.63. The van der Waals surface area contributed by atoms with Gasteiger partial charge in [0.15, 0.2) is 0 Å². The Morgan fingerprint density at radius 1 is 1.00 bits per heavy atom. The van der Waals surface area contributed by atoms with Gasteiger partial charge >= 0.3 is 0 Å². The van der Waals surface area contributed by atoms with Crippen molar-refractivity contribution in [3.8, 4) is 0 Å². The summed E-state index contributed by atoms with van der Waals surface area (Å²) in [6.07, 6.45) is 1.17. The molecule has 1 aromatic rings. The van der Waals surface area contributed by atoms with Crippen molar-refractivity contribution in [1.82, 2.24) is 10.2 Å². The van der Waals surface area contributed by atoms with E-state index in [1.54, 1.807) is 0 Å². The normalized spacial score (nSPS) is 15.1. The van der Waals surface area contributed by atoms with Crippen LogP contribution < -0.4 is 0 Å². The van der Waals surface area contributed by atoms with Crippen molar-refractivity contribution in [3.05, 3.63) is 17.0 Å². The van der Waals surface area contributed by atoms with Gasteiger partial charge in [-0.1, -0.05) is 27.7 Å². The van der Waals surface area contributed by atoms with Crippen LogP contribution in [0.2, 0.25) is 0 Å². The first kappa shape index (κ1) is 10.9. The van der Waals surface area contributed by atoms with E-state index in [1.165, 1.54) is 34.0 Å². The number of fused-ring (bicyclic) bond motifs is 1. The summed E-state index contributed by atoms with van der Waals surface area (Å²) in [6, 6.07) is 0. The van der Waals surface area contributed by atoms with Crippen LogP contribution in [-0.2, 0) is 6.42 Å². The molecule has 0 radical (unpaired) electrons. The van der Waals surface area contributed by atoms with E-state index >= 15 is 0 Å². The Morgan fingerprint density at radius 3 is 2.20 bits per heavy atom. The van der Waals surface area contributed by atoms with Gasteiger partial charge in [0.05, 0.1) is 11.4 Å². The second kappa shape index (κ2) is 4.12. The Hall–Kier alpha value is -0.570. The zero-order chi connectivity index (χ0) is 11.0. The van der Waals surface area contributed by atoms with E-state index in [-0.39, 0.29) is 0 Å². The lowest BCUT2D eigenvalue weighted by Gasteiger charge is -2.13. The van der Waals surface area contributed by atoms with E-state index in [2.05, 4.69) is 37.9 Å². The molecule has 0 unspecified atom stereocenters. The van der Waals surface area contributed by atoms with Gasteiger partial charge in [0.1, 0.15) is 0 Å². The summed E-state index contributed by atoms with van der Waals surface area (Å²) in [5, 5.41) is 8.81. The van der Waals surface area contributed by atoms with Gasteiger partial charge in [0.2, 0.25) is 0 Å². The fourth-order valence-electron chi connectivity index (χ4n) is 1.98. The lowest BCUT2D eigenvalue weighted by molar-refractivity contribution is 0.695. The summed E-state index contributed by atoms with van der Waals surface area (Å²) in [5.41, 5.74) is 3.87. The van der Waals surface area contributed by atoms with Crippen molar-refractivity contribution >= 4 is 11.8 Å². The van der Waals surface area contributed by atoms with E-state index in [4.69, 9.17) is 0 Å². The molecule has 0 aromatic carbocycles. The predicted molar refractivity (Wildman–Crippen MR) is 64.6 cm³/mol. The Kier molecular flexibility index (Phi) is 3.01. The standard InChI is InChI=1S/C12H18N2S/c1-7(2)10-9-5-6-15-12(9)11(8(3)4)14-13-10/h7-8H,5-6H2,1-4H3. The van der Waals surface area contributed by atoms with Gasteiger partial charge in [0.25, 0.3) is 0 Å². The number of rotatable bonds is 2. The fraction of sp³-hybridized carbons (Fsp3) is 0.667. The molecule has 0 saturated heterocycles. The Balaban J connectivity index is 2.54. The van der Waals surface area contributed by atoms with Crippen LogP contribution in [0, 0.1) is 0 Å². The molecule has 0 aliphatic carbocycles. The van der Waals surface area contributed by atoms with Crippen molar-refractivity contribution in [2.75, 3.05) is 5.75 Å². The third-order valence-corrected chi connectivity index (χ3v) is 3.93. The zero-order valence-corrected chi connectivity index (χ0v) is 10.7. The van der Waals surface area contributed by atoms with Crippen LogP contribution in [0.3, 0.4) is 0 Å². The Bertz CT molecular complexity index is 337. The molecule has 0 N–H and O–H groups in total. The van der Waals surface area contributed by atoms with Crippen molar-refractivity contribution in [3.63, 3.8) is 0 Å². The minimum Gasteiger partial charge on any atom is -0.155 e. The van der Waals surface area contributed by atoms with Crippen LogP contribution in [0.1, 0.15) is 56.5 Å². The molecule has 0 spiro atoms. The summed E-state index contributed by atoms with van der Waals surface area (Å²) >= 11 is 1.95. The molecule has 0 atom stereocenters. The number of thioether (sulfide) groups is 1. The summed E-state index contributed by atoms with van der Waals surface area (Å²) in [4.78, 5) is 1.42. The first-order valence-corrected chi connectivity index (χ1v) is 6.62. The zero-order valence-electron chi connectivity index (χ0n) is 9.87. The third kappa shape index (κ3) is 1.89. The maximum Gasteiger partial charge on any atom is 0.0794 e. The molecule has 2 rings (SSSR count).